The Kier molecular flexibility index (Phi) is 4.79. The molecule has 0 saturated carbocycles. The highest BCUT2D eigenvalue weighted by Gasteiger charge is 2.13. The number of carboxylic acid groups (broad SMARTS) is 1. The topological polar surface area (TPSA) is 51.5 Å². The lowest BCUT2D eigenvalue weighted by Gasteiger charge is -2.08. The minimum atomic E-state index is -0.888. The second-order valence-electron chi connectivity index (χ2n) is 5.35. The molecule has 2 aromatic rings. The molecule has 0 atom stereocenters. The quantitative estimate of drug-likeness (QED) is 0.788. The Morgan fingerprint density at radius 1 is 1.30 bits per heavy atom. The number of nitrogens with zero attached hydrogens (tertiary/aromatic N) is 1. The molecular weight excluding hydrogens is 254 g/mol. The van der Waals surface area contributed by atoms with E-state index in [1.807, 2.05) is 28.8 Å². The number of aromatic carboxylic acids is 1. The molecule has 4 nitrogen and oxygen atoms in total. The van der Waals surface area contributed by atoms with E-state index in [1.165, 1.54) is 0 Å². The van der Waals surface area contributed by atoms with Gasteiger partial charge in [-0.05, 0) is 18.4 Å². The maximum atomic E-state index is 11.2. The molecule has 1 aromatic heterocycles. The predicted molar refractivity (Wildman–Crippen MR) is 79.2 cm³/mol. The summed E-state index contributed by atoms with van der Waals surface area (Å²) in [5.74, 6) is -0.248. The van der Waals surface area contributed by atoms with Crippen LogP contribution in [0.25, 0.3) is 10.9 Å². The molecule has 1 N–H and O–H groups in total. The fraction of sp³-hybridized carbons (Fsp3) is 0.438. The zero-order valence-corrected chi connectivity index (χ0v) is 12.0. The number of ether oxygens (including phenoxy) is 1. The second-order valence-corrected chi connectivity index (χ2v) is 5.35. The molecule has 1 aromatic carbocycles. The normalized spacial score (nSPS) is 11.3. The van der Waals surface area contributed by atoms with Crippen molar-refractivity contribution >= 4 is 16.9 Å². The van der Waals surface area contributed by atoms with Crippen LogP contribution in [0.5, 0.6) is 0 Å². The molecule has 0 bridgehead atoms. The molecule has 2 rings (SSSR count). The Morgan fingerprint density at radius 2 is 2.05 bits per heavy atom. The van der Waals surface area contributed by atoms with Crippen molar-refractivity contribution < 1.29 is 14.6 Å². The first-order valence-electron chi connectivity index (χ1n) is 6.98. The molecule has 0 spiro atoms. The summed E-state index contributed by atoms with van der Waals surface area (Å²) >= 11 is 0. The maximum absolute atomic E-state index is 11.2. The lowest BCUT2D eigenvalue weighted by atomic mass is 10.1. The van der Waals surface area contributed by atoms with Crippen LogP contribution in [0.3, 0.4) is 0 Å². The molecule has 4 heteroatoms. The second kappa shape index (κ2) is 6.57. The Labute approximate surface area is 119 Å². The van der Waals surface area contributed by atoms with Gasteiger partial charge in [0.1, 0.15) is 0 Å². The van der Waals surface area contributed by atoms with Crippen molar-refractivity contribution in [1.82, 2.24) is 4.57 Å². The van der Waals surface area contributed by atoms with Crippen molar-refractivity contribution in [2.24, 2.45) is 5.92 Å². The smallest absolute Gasteiger partial charge is 0.337 e. The summed E-state index contributed by atoms with van der Waals surface area (Å²) in [6.07, 6.45) is 2.74. The number of hydrogen-bond donors (Lipinski definition) is 1. The van der Waals surface area contributed by atoms with Crippen molar-refractivity contribution in [2.75, 3.05) is 13.2 Å². The molecule has 0 aliphatic carbocycles. The highest BCUT2D eigenvalue weighted by molar-refractivity contribution is 6.03. The van der Waals surface area contributed by atoms with Crippen LogP contribution in [0, 0.1) is 5.92 Å². The van der Waals surface area contributed by atoms with E-state index < -0.39 is 5.97 Å². The fourth-order valence-corrected chi connectivity index (χ4v) is 2.19. The molecule has 0 radical (unpaired) electrons. The summed E-state index contributed by atoms with van der Waals surface area (Å²) in [5, 5.41) is 10.0. The van der Waals surface area contributed by atoms with Crippen LogP contribution in [0.4, 0.5) is 0 Å². The third-order valence-electron chi connectivity index (χ3n) is 3.34. The van der Waals surface area contributed by atoms with E-state index in [9.17, 15) is 9.90 Å². The molecule has 0 fully saturated rings. The highest BCUT2D eigenvalue weighted by Crippen LogP contribution is 2.21. The van der Waals surface area contributed by atoms with Gasteiger partial charge < -0.3 is 14.4 Å². The number of rotatable bonds is 7. The van der Waals surface area contributed by atoms with Crippen molar-refractivity contribution in [2.45, 2.75) is 26.8 Å². The van der Waals surface area contributed by atoms with Gasteiger partial charge >= 0.3 is 5.97 Å². The van der Waals surface area contributed by atoms with Crippen LogP contribution in [0.2, 0.25) is 0 Å². The first-order valence-corrected chi connectivity index (χ1v) is 6.98. The number of para-hydroxylation sites is 1. The lowest BCUT2D eigenvalue weighted by Crippen LogP contribution is -2.07. The molecule has 108 valence electrons. The largest absolute Gasteiger partial charge is 0.478 e. The standard InChI is InChI=1S/C16H21NO3/c1-12(2)7-9-20-10-8-17-11-14(16(18)19)13-5-3-4-6-15(13)17/h3-6,11-12H,7-10H2,1-2H3,(H,18,19). The molecule has 0 amide bonds. The maximum Gasteiger partial charge on any atom is 0.337 e. The number of hydrogen-bond acceptors (Lipinski definition) is 2. The summed E-state index contributed by atoms with van der Waals surface area (Å²) in [4.78, 5) is 11.2. The number of carbonyl (C=O) groups is 1. The molecular formula is C16H21NO3. The minimum absolute atomic E-state index is 0.350. The van der Waals surface area contributed by atoms with E-state index in [-0.39, 0.29) is 0 Å². The van der Waals surface area contributed by atoms with E-state index >= 15 is 0 Å². The van der Waals surface area contributed by atoms with Gasteiger partial charge in [-0.2, -0.15) is 0 Å². The van der Waals surface area contributed by atoms with Crippen LogP contribution in [-0.2, 0) is 11.3 Å². The third-order valence-corrected chi connectivity index (χ3v) is 3.34. The lowest BCUT2D eigenvalue weighted by molar-refractivity contribution is 0.0698. The Balaban J connectivity index is 2.05. The molecule has 0 aliphatic heterocycles. The third kappa shape index (κ3) is 3.39. The SMILES string of the molecule is CC(C)CCOCCn1cc(C(=O)O)c2ccccc21. The summed E-state index contributed by atoms with van der Waals surface area (Å²) in [5.41, 5.74) is 1.29. The molecule has 0 unspecified atom stereocenters. The summed E-state index contributed by atoms with van der Waals surface area (Å²) in [7, 11) is 0. The van der Waals surface area contributed by atoms with Crippen molar-refractivity contribution in [1.29, 1.82) is 0 Å². The Morgan fingerprint density at radius 3 is 2.75 bits per heavy atom. The highest BCUT2D eigenvalue weighted by atomic mass is 16.5. The molecule has 0 aliphatic rings. The van der Waals surface area contributed by atoms with Gasteiger partial charge in [0.15, 0.2) is 0 Å². The minimum Gasteiger partial charge on any atom is -0.478 e. The van der Waals surface area contributed by atoms with Crippen molar-refractivity contribution in [3.63, 3.8) is 0 Å². The van der Waals surface area contributed by atoms with Gasteiger partial charge in [-0.25, -0.2) is 4.79 Å². The predicted octanol–water partition coefficient (Wildman–Crippen LogP) is 3.40. The van der Waals surface area contributed by atoms with Gasteiger partial charge in [0.05, 0.1) is 12.2 Å². The van der Waals surface area contributed by atoms with Gasteiger partial charge in [0.2, 0.25) is 0 Å². The Bertz CT molecular complexity index is 586. The van der Waals surface area contributed by atoms with Gasteiger partial charge in [-0.15, -0.1) is 0 Å². The van der Waals surface area contributed by atoms with E-state index in [0.717, 1.165) is 23.9 Å². The number of benzene rings is 1. The van der Waals surface area contributed by atoms with Crippen LogP contribution in [0.15, 0.2) is 30.5 Å². The average Bonchev–Trinajstić information content (AvgIpc) is 2.77. The van der Waals surface area contributed by atoms with Crippen molar-refractivity contribution in [3.8, 4) is 0 Å². The Hall–Kier alpha value is -1.81. The summed E-state index contributed by atoms with van der Waals surface area (Å²) in [6.45, 7) is 6.36. The van der Waals surface area contributed by atoms with E-state index in [1.54, 1.807) is 6.20 Å². The van der Waals surface area contributed by atoms with Gasteiger partial charge in [0, 0.05) is 30.3 Å². The number of aromatic nitrogens is 1. The average molecular weight is 275 g/mol. The van der Waals surface area contributed by atoms with Crippen LogP contribution >= 0.6 is 0 Å². The summed E-state index contributed by atoms with van der Waals surface area (Å²) < 4.78 is 7.55. The zero-order valence-electron chi connectivity index (χ0n) is 12.0. The molecule has 0 saturated heterocycles. The first-order chi connectivity index (χ1) is 9.59. The zero-order chi connectivity index (χ0) is 14.5. The van der Waals surface area contributed by atoms with Crippen LogP contribution in [0.1, 0.15) is 30.6 Å². The number of carboxylic acids is 1. The summed E-state index contributed by atoms with van der Waals surface area (Å²) in [6, 6.07) is 7.56. The van der Waals surface area contributed by atoms with Crippen LogP contribution in [-0.4, -0.2) is 28.9 Å². The fourth-order valence-electron chi connectivity index (χ4n) is 2.19. The van der Waals surface area contributed by atoms with E-state index in [4.69, 9.17) is 4.74 Å². The van der Waals surface area contributed by atoms with Crippen molar-refractivity contribution in [3.05, 3.63) is 36.0 Å². The van der Waals surface area contributed by atoms with Crippen LogP contribution < -0.4 is 0 Å². The van der Waals surface area contributed by atoms with Gasteiger partial charge in [-0.3, -0.25) is 0 Å². The van der Waals surface area contributed by atoms with E-state index in [0.29, 0.717) is 24.6 Å². The van der Waals surface area contributed by atoms with Gasteiger partial charge in [-0.1, -0.05) is 32.0 Å². The van der Waals surface area contributed by atoms with E-state index in [2.05, 4.69) is 13.8 Å². The monoisotopic (exact) mass is 275 g/mol. The molecule has 1 heterocycles. The van der Waals surface area contributed by atoms with Gasteiger partial charge in [0.25, 0.3) is 0 Å². The first kappa shape index (κ1) is 14.6. The molecule has 20 heavy (non-hydrogen) atoms. The number of fused-ring (bicyclic) bond motifs is 1.